The molecule has 2 heterocycles. The Morgan fingerprint density at radius 1 is 1.30 bits per heavy atom. The second kappa shape index (κ2) is 5.54. The summed E-state index contributed by atoms with van der Waals surface area (Å²) in [5.74, 6) is 0.0211. The zero-order valence-corrected chi connectivity index (χ0v) is 11.5. The molecule has 0 saturated carbocycles. The van der Waals surface area contributed by atoms with Gasteiger partial charge in [-0.3, -0.25) is 4.79 Å². The first-order chi connectivity index (χ1) is 9.76. The number of nitrogens with one attached hydrogen (secondary N) is 1. The van der Waals surface area contributed by atoms with Crippen molar-refractivity contribution in [2.45, 2.75) is 25.8 Å². The number of rotatable bonds is 5. The number of hydrogen-bond acceptors (Lipinski definition) is 4. The van der Waals surface area contributed by atoms with E-state index in [1.54, 1.807) is 10.9 Å². The molecule has 20 heavy (non-hydrogen) atoms. The van der Waals surface area contributed by atoms with Crippen LogP contribution in [0, 0.1) is 0 Å². The molecule has 1 saturated heterocycles. The summed E-state index contributed by atoms with van der Waals surface area (Å²) in [6.07, 6.45) is 3.15. The maximum Gasteiger partial charge on any atom is 0.189 e. The summed E-state index contributed by atoms with van der Waals surface area (Å²) >= 11 is 0. The smallest absolute Gasteiger partial charge is 0.189 e. The minimum Gasteiger partial charge on any atom is -0.312 e. The van der Waals surface area contributed by atoms with Gasteiger partial charge in [0.2, 0.25) is 0 Å². The molecule has 1 aliphatic rings. The van der Waals surface area contributed by atoms with E-state index < -0.39 is 0 Å². The molecule has 5 nitrogen and oxygen atoms in total. The Morgan fingerprint density at radius 3 is 2.60 bits per heavy atom. The molecule has 0 aliphatic carbocycles. The molecule has 1 aliphatic heterocycles. The highest BCUT2D eigenvalue weighted by molar-refractivity contribution is 5.95. The summed E-state index contributed by atoms with van der Waals surface area (Å²) in [5.41, 5.74) is 2.76. The second-order valence-corrected chi connectivity index (χ2v) is 5.17. The second-order valence-electron chi connectivity index (χ2n) is 5.17. The van der Waals surface area contributed by atoms with E-state index in [-0.39, 0.29) is 5.78 Å². The highest BCUT2D eigenvalue weighted by atomic mass is 16.1. The van der Waals surface area contributed by atoms with Crippen LogP contribution in [0.4, 0.5) is 0 Å². The van der Waals surface area contributed by atoms with Crippen LogP contribution >= 0.6 is 0 Å². The largest absolute Gasteiger partial charge is 0.312 e. The van der Waals surface area contributed by atoms with Gasteiger partial charge in [-0.15, -0.1) is 5.10 Å². The molecule has 1 aromatic heterocycles. The van der Waals surface area contributed by atoms with E-state index in [2.05, 4.69) is 34.7 Å². The number of carbonyl (C=O) groups excluding carboxylic acids is 1. The lowest BCUT2D eigenvalue weighted by atomic mass is 10.0. The maximum absolute atomic E-state index is 12.2. The highest BCUT2D eigenvalue weighted by Crippen LogP contribution is 2.12. The maximum atomic E-state index is 12.2. The number of Topliss-reactive ketones (excluding diaryl/α,β-unsaturated/α-hetero) is 1. The zero-order chi connectivity index (χ0) is 13.9. The Labute approximate surface area is 118 Å². The van der Waals surface area contributed by atoms with E-state index in [0.717, 1.165) is 25.1 Å². The summed E-state index contributed by atoms with van der Waals surface area (Å²) in [7, 11) is 0. The molecule has 2 aromatic rings. The van der Waals surface area contributed by atoms with Crippen LogP contribution < -0.4 is 5.32 Å². The summed E-state index contributed by atoms with van der Waals surface area (Å²) in [5, 5.41) is 11.2. The molecule has 1 aromatic carbocycles. The first-order valence-corrected chi connectivity index (χ1v) is 7.00. The lowest BCUT2D eigenvalue weighted by Crippen LogP contribution is -2.43. The fourth-order valence-corrected chi connectivity index (χ4v) is 2.21. The van der Waals surface area contributed by atoms with Gasteiger partial charge in [-0.1, -0.05) is 36.4 Å². The predicted octanol–water partition coefficient (Wildman–Crippen LogP) is 1.41. The SMILES string of the molecule is CCc1ccc(CC(=O)c2cn(C3CNC3)nn2)cc1. The van der Waals surface area contributed by atoms with Crippen molar-refractivity contribution < 1.29 is 4.79 Å². The van der Waals surface area contributed by atoms with Crippen LogP contribution in [-0.2, 0) is 12.8 Å². The van der Waals surface area contributed by atoms with Crippen molar-refractivity contribution in [3.8, 4) is 0 Å². The van der Waals surface area contributed by atoms with Crippen LogP contribution in [-0.4, -0.2) is 33.9 Å². The van der Waals surface area contributed by atoms with Crippen molar-refractivity contribution in [2.24, 2.45) is 0 Å². The third kappa shape index (κ3) is 2.63. The van der Waals surface area contributed by atoms with Gasteiger partial charge in [-0.2, -0.15) is 0 Å². The van der Waals surface area contributed by atoms with Crippen LogP contribution in [0.2, 0.25) is 0 Å². The van der Waals surface area contributed by atoms with Gasteiger partial charge in [0.1, 0.15) is 5.69 Å². The van der Waals surface area contributed by atoms with Crippen molar-refractivity contribution in [1.82, 2.24) is 20.3 Å². The fraction of sp³-hybridized carbons (Fsp3) is 0.400. The van der Waals surface area contributed by atoms with E-state index in [4.69, 9.17) is 0 Å². The van der Waals surface area contributed by atoms with Crippen molar-refractivity contribution >= 4 is 5.78 Å². The molecule has 0 spiro atoms. The standard InChI is InChI=1S/C15H18N4O/c1-2-11-3-5-12(6-4-11)7-15(20)14-10-19(18-17-14)13-8-16-9-13/h3-6,10,13,16H,2,7-9H2,1H3. The highest BCUT2D eigenvalue weighted by Gasteiger charge is 2.21. The topological polar surface area (TPSA) is 59.8 Å². The van der Waals surface area contributed by atoms with Crippen LogP contribution in [0.25, 0.3) is 0 Å². The fourth-order valence-electron chi connectivity index (χ4n) is 2.21. The van der Waals surface area contributed by atoms with E-state index >= 15 is 0 Å². The van der Waals surface area contributed by atoms with E-state index in [0.29, 0.717) is 18.2 Å². The van der Waals surface area contributed by atoms with Crippen LogP contribution in [0.5, 0.6) is 0 Å². The number of ketones is 1. The van der Waals surface area contributed by atoms with E-state index in [1.807, 2.05) is 12.1 Å². The number of hydrogen-bond donors (Lipinski definition) is 1. The van der Waals surface area contributed by atoms with E-state index in [1.165, 1.54) is 5.56 Å². The number of nitrogens with zero attached hydrogens (tertiary/aromatic N) is 3. The number of carbonyl (C=O) groups is 1. The molecule has 104 valence electrons. The molecular weight excluding hydrogens is 252 g/mol. The molecule has 0 unspecified atom stereocenters. The zero-order valence-electron chi connectivity index (χ0n) is 11.5. The van der Waals surface area contributed by atoms with Crippen molar-refractivity contribution in [3.63, 3.8) is 0 Å². The lowest BCUT2D eigenvalue weighted by Gasteiger charge is -2.26. The van der Waals surface area contributed by atoms with Gasteiger partial charge in [-0.25, -0.2) is 4.68 Å². The molecule has 0 amide bonds. The first-order valence-electron chi connectivity index (χ1n) is 7.00. The van der Waals surface area contributed by atoms with Gasteiger partial charge in [-0.05, 0) is 17.5 Å². The molecule has 0 radical (unpaired) electrons. The molecule has 5 heteroatoms. The Hall–Kier alpha value is -2.01. The number of aryl methyl sites for hydroxylation is 1. The van der Waals surface area contributed by atoms with Crippen LogP contribution in [0.3, 0.4) is 0 Å². The Morgan fingerprint density at radius 2 is 2.00 bits per heavy atom. The molecule has 0 bridgehead atoms. The Bertz CT molecular complexity index is 599. The Balaban J connectivity index is 1.67. The molecule has 1 fully saturated rings. The quantitative estimate of drug-likeness (QED) is 0.835. The normalized spacial score (nSPS) is 15.1. The first kappa shape index (κ1) is 13.0. The average Bonchev–Trinajstić information content (AvgIpc) is 2.87. The molecule has 1 N–H and O–H groups in total. The lowest BCUT2D eigenvalue weighted by molar-refractivity contribution is 0.0988. The summed E-state index contributed by atoms with van der Waals surface area (Å²) in [4.78, 5) is 12.2. The summed E-state index contributed by atoms with van der Waals surface area (Å²) in [6.45, 7) is 3.92. The molecule has 3 rings (SSSR count). The van der Waals surface area contributed by atoms with Crippen LogP contribution in [0.1, 0.15) is 34.6 Å². The molecular formula is C15H18N4O. The van der Waals surface area contributed by atoms with Gasteiger partial charge in [0.05, 0.1) is 12.2 Å². The van der Waals surface area contributed by atoms with Gasteiger partial charge in [0.15, 0.2) is 5.78 Å². The van der Waals surface area contributed by atoms with E-state index in [9.17, 15) is 4.79 Å². The van der Waals surface area contributed by atoms with Gasteiger partial charge < -0.3 is 5.32 Å². The number of benzene rings is 1. The third-order valence-corrected chi connectivity index (χ3v) is 3.73. The summed E-state index contributed by atoms with van der Waals surface area (Å²) in [6, 6.07) is 8.50. The predicted molar refractivity (Wildman–Crippen MR) is 75.8 cm³/mol. The average molecular weight is 270 g/mol. The van der Waals surface area contributed by atoms with Crippen molar-refractivity contribution in [2.75, 3.05) is 13.1 Å². The minimum atomic E-state index is 0.0211. The van der Waals surface area contributed by atoms with Crippen molar-refractivity contribution in [1.29, 1.82) is 0 Å². The van der Waals surface area contributed by atoms with Gasteiger partial charge >= 0.3 is 0 Å². The van der Waals surface area contributed by atoms with Crippen LogP contribution in [0.15, 0.2) is 30.5 Å². The minimum absolute atomic E-state index is 0.0211. The Kier molecular flexibility index (Phi) is 3.60. The monoisotopic (exact) mass is 270 g/mol. The third-order valence-electron chi connectivity index (χ3n) is 3.73. The summed E-state index contributed by atoms with van der Waals surface area (Å²) < 4.78 is 1.78. The number of aromatic nitrogens is 3. The van der Waals surface area contributed by atoms with Gasteiger partial charge in [0.25, 0.3) is 0 Å². The van der Waals surface area contributed by atoms with Gasteiger partial charge in [0, 0.05) is 19.5 Å². The molecule has 0 atom stereocenters. The van der Waals surface area contributed by atoms with Crippen molar-refractivity contribution in [3.05, 3.63) is 47.3 Å².